The van der Waals surface area contributed by atoms with Gasteiger partial charge >= 0.3 is 0 Å². The quantitative estimate of drug-likeness (QED) is 0.689. The van der Waals surface area contributed by atoms with Crippen molar-refractivity contribution in [1.82, 2.24) is 4.90 Å². The third-order valence-electron chi connectivity index (χ3n) is 4.41. The van der Waals surface area contributed by atoms with Crippen LogP contribution in [0.1, 0.15) is 22.8 Å². The van der Waals surface area contributed by atoms with Crippen LogP contribution >= 0.6 is 23.2 Å². The van der Waals surface area contributed by atoms with E-state index >= 15 is 0 Å². The molecule has 0 aliphatic carbocycles. The van der Waals surface area contributed by atoms with E-state index < -0.39 is 5.92 Å². The second-order valence-electron chi connectivity index (χ2n) is 6.78. The molecule has 0 spiro atoms. The number of methoxy groups -OCH3 is 2. The largest absolute Gasteiger partial charge is 0.493 e. The molecule has 0 saturated carbocycles. The van der Waals surface area contributed by atoms with E-state index in [1.54, 1.807) is 51.4 Å². The summed E-state index contributed by atoms with van der Waals surface area (Å²) in [5, 5.41) is 3.87. The van der Waals surface area contributed by atoms with Gasteiger partial charge in [0, 0.05) is 36.1 Å². The van der Waals surface area contributed by atoms with Crippen LogP contribution in [0.2, 0.25) is 10.0 Å². The Balaban J connectivity index is 2.30. The maximum absolute atomic E-state index is 12.8. The van der Waals surface area contributed by atoms with Crippen molar-refractivity contribution >= 4 is 40.7 Å². The number of hydrogen-bond donors (Lipinski definition) is 1. The van der Waals surface area contributed by atoms with Crippen molar-refractivity contribution < 1.29 is 19.1 Å². The molecule has 6 nitrogen and oxygen atoms in total. The highest BCUT2D eigenvalue weighted by Crippen LogP contribution is 2.34. The van der Waals surface area contributed by atoms with Crippen molar-refractivity contribution in [3.63, 3.8) is 0 Å². The number of carbonyl (C=O) groups excluding carboxylic acids is 2. The number of rotatable bonds is 7. The smallest absolute Gasteiger partial charge is 0.255 e. The van der Waals surface area contributed by atoms with Crippen LogP contribution < -0.4 is 14.8 Å². The molecule has 156 valence electrons. The van der Waals surface area contributed by atoms with E-state index in [0.29, 0.717) is 39.2 Å². The molecule has 2 aromatic rings. The lowest BCUT2D eigenvalue weighted by Gasteiger charge is -2.19. The zero-order valence-electron chi connectivity index (χ0n) is 17.0. The SMILES string of the molecule is COc1cc(NC(=O)C(C)Cc2ccc(Cl)cc2Cl)c(C(=O)N(C)C)cc1OC. The lowest BCUT2D eigenvalue weighted by atomic mass is 10.00. The Hall–Kier alpha value is -2.44. The summed E-state index contributed by atoms with van der Waals surface area (Å²) < 4.78 is 10.6. The molecule has 0 aliphatic rings. The molecule has 0 radical (unpaired) electrons. The molecule has 29 heavy (non-hydrogen) atoms. The first kappa shape index (κ1) is 22.8. The van der Waals surface area contributed by atoms with Crippen molar-refractivity contribution in [1.29, 1.82) is 0 Å². The van der Waals surface area contributed by atoms with Crippen LogP contribution in [0.15, 0.2) is 30.3 Å². The third kappa shape index (κ3) is 5.55. The predicted molar refractivity (Wildman–Crippen MR) is 116 cm³/mol. The van der Waals surface area contributed by atoms with Gasteiger partial charge in [0.2, 0.25) is 5.91 Å². The molecule has 0 saturated heterocycles. The highest BCUT2D eigenvalue weighted by molar-refractivity contribution is 6.35. The normalized spacial score (nSPS) is 11.6. The van der Waals surface area contributed by atoms with E-state index in [9.17, 15) is 9.59 Å². The highest BCUT2D eigenvalue weighted by Gasteiger charge is 2.22. The van der Waals surface area contributed by atoms with Crippen LogP contribution in [-0.2, 0) is 11.2 Å². The molecule has 2 amide bonds. The molecule has 1 N–H and O–H groups in total. The van der Waals surface area contributed by atoms with E-state index in [0.717, 1.165) is 5.56 Å². The number of hydrogen-bond acceptors (Lipinski definition) is 4. The molecule has 2 aromatic carbocycles. The Morgan fingerprint density at radius 1 is 1.07 bits per heavy atom. The number of amides is 2. The van der Waals surface area contributed by atoms with Crippen molar-refractivity contribution in [3.8, 4) is 11.5 Å². The van der Waals surface area contributed by atoms with Gasteiger partial charge < -0.3 is 19.7 Å². The van der Waals surface area contributed by atoms with E-state index in [4.69, 9.17) is 32.7 Å². The van der Waals surface area contributed by atoms with Gasteiger partial charge in [-0.25, -0.2) is 0 Å². The summed E-state index contributed by atoms with van der Waals surface area (Å²) >= 11 is 12.1. The van der Waals surface area contributed by atoms with Crippen LogP contribution in [0, 0.1) is 5.92 Å². The van der Waals surface area contributed by atoms with Gasteiger partial charge in [0.1, 0.15) is 0 Å². The first-order valence-corrected chi connectivity index (χ1v) is 9.66. The Morgan fingerprint density at radius 2 is 1.69 bits per heavy atom. The van der Waals surface area contributed by atoms with Crippen LogP contribution in [0.25, 0.3) is 0 Å². The summed E-state index contributed by atoms with van der Waals surface area (Å²) in [6, 6.07) is 8.31. The van der Waals surface area contributed by atoms with Gasteiger partial charge in [0.25, 0.3) is 5.91 Å². The predicted octanol–water partition coefficient (Wildman–Crippen LogP) is 4.53. The van der Waals surface area contributed by atoms with Gasteiger partial charge in [-0.05, 0) is 30.2 Å². The molecule has 1 atom stereocenters. The number of nitrogens with one attached hydrogen (secondary N) is 1. The monoisotopic (exact) mass is 438 g/mol. The average Bonchev–Trinajstić information content (AvgIpc) is 2.68. The molecule has 0 aliphatic heterocycles. The van der Waals surface area contributed by atoms with Gasteiger partial charge in [-0.2, -0.15) is 0 Å². The minimum Gasteiger partial charge on any atom is -0.493 e. The number of anilines is 1. The number of nitrogens with zero attached hydrogens (tertiary/aromatic N) is 1. The number of benzene rings is 2. The zero-order chi connectivity index (χ0) is 21.7. The molecule has 8 heteroatoms. The van der Waals surface area contributed by atoms with Crippen LogP contribution in [0.3, 0.4) is 0 Å². The minimum atomic E-state index is -0.399. The van der Waals surface area contributed by atoms with Crippen molar-refractivity contribution in [2.75, 3.05) is 33.6 Å². The van der Waals surface area contributed by atoms with E-state index in [2.05, 4.69) is 5.32 Å². The molecule has 0 fully saturated rings. The summed E-state index contributed by atoms with van der Waals surface area (Å²) in [4.78, 5) is 26.8. The van der Waals surface area contributed by atoms with Gasteiger partial charge in [0.15, 0.2) is 11.5 Å². The topological polar surface area (TPSA) is 67.9 Å². The minimum absolute atomic E-state index is 0.254. The van der Waals surface area contributed by atoms with Crippen LogP contribution in [-0.4, -0.2) is 45.0 Å². The molecule has 0 bridgehead atoms. The first-order valence-electron chi connectivity index (χ1n) is 8.90. The fourth-order valence-electron chi connectivity index (χ4n) is 2.77. The first-order chi connectivity index (χ1) is 13.7. The summed E-state index contributed by atoms with van der Waals surface area (Å²) in [5.41, 5.74) is 1.47. The third-order valence-corrected chi connectivity index (χ3v) is 4.99. The van der Waals surface area contributed by atoms with Crippen molar-refractivity contribution in [2.24, 2.45) is 5.92 Å². The number of halogens is 2. The molecular weight excluding hydrogens is 415 g/mol. The molecule has 0 heterocycles. The zero-order valence-corrected chi connectivity index (χ0v) is 18.5. The summed E-state index contributed by atoms with van der Waals surface area (Å²) in [5.74, 6) is -0.113. The van der Waals surface area contributed by atoms with Gasteiger partial charge in [0.05, 0.1) is 25.5 Å². The Kier molecular flexibility index (Phi) is 7.76. The van der Waals surface area contributed by atoms with Crippen LogP contribution in [0.4, 0.5) is 5.69 Å². The summed E-state index contributed by atoms with van der Waals surface area (Å²) in [6.45, 7) is 1.79. The fourth-order valence-corrected chi connectivity index (χ4v) is 3.25. The number of carbonyl (C=O) groups is 2. The summed E-state index contributed by atoms with van der Waals surface area (Å²) in [7, 11) is 6.24. The van der Waals surface area contributed by atoms with E-state index in [1.165, 1.54) is 19.1 Å². The summed E-state index contributed by atoms with van der Waals surface area (Å²) in [6.07, 6.45) is 0.423. The molecule has 2 rings (SSSR count). The van der Waals surface area contributed by atoms with Crippen LogP contribution in [0.5, 0.6) is 11.5 Å². The maximum Gasteiger partial charge on any atom is 0.255 e. The van der Waals surface area contributed by atoms with Gasteiger partial charge in [-0.1, -0.05) is 36.2 Å². The molecule has 0 aromatic heterocycles. The van der Waals surface area contributed by atoms with Crippen molar-refractivity contribution in [2.45, 2.75) is 13.3 Å². The van der Waals surface area contributed by atoms with E-state index in [1.807, 2.05) is 0 Å². The van der Waals surface area contributed by atoms with Crippen molar-refractivity contribution in [3.05, 3.63) is 51.5 Å². The standard InChI is InChI=1S/C21H24Cl2N2O4/c1-12(8-13-6-7-14(22)9-16(13)23)20(26)24-17-11-19(29-5)18(28-4)10-15(17)21(27)25(2)3/h6-7,9-12H,8H2,1-5H3,(H,24,26). The second-order valence-corrected chi connectivity index (χ2v) is 7.63. The highest BCUT2D eigenvalue weighted by atomic mass is 35.5. The second kappa shape index (κ2) is 9.85. The lowest BCUT2D eigenvalue weighted by molar-refractivity contribution is -0.119. The Bertz CT molecular complexity index is 916. The van der Waals surface area contributed by atoms with E-state index in [-0.39, 0.29) is 11.8 Å². The molecule has 1 unspecified atom stereocenters. The average molecular weight is 439 g/mol. The number of ether oxygens (including phenoxy) is 2. The Morgan fingerprint density at radius 3 is 2.24 bits per heavy atom. The maximum atomic E-state index is 12.8. The van der Waals surface area contributed by atoms with Gasteiger partial charge in [-0.15, -0.1) is 0 Å². The Labute approximate surface area is 180 Å². The van der Waals surface area contributed by atoms with Gasteiger partial charge in [-0.3, -0.25) is 9.59 Å². The lowest BCUT2D eigenvalue weighted by Crippen LogP contribution is -2.26. The fraction of sp³-hybridized carbons (Fsp3) is 0.333. The molecular formula is C21H24Cl2N2O4.